The Morgan fingerprint density at radius 1 is 0.571 bits per heavy atom. The van der Waals surface area contributed by atoms with Crippen molar-refractivity contribution in [3.8, 4) is 11.5 Å². The van der Waals surface area contributed by atoms with Gasteiger partial charge in [-0.1, -0.05) is 42.5 Å². The number of nitrogens with zero attached hydrogens (tertiary/aromatic N) is 1. The van der Waals surface area contributed by atoms with E-state index in [4.69, 9.17) is 0 Å². The molecule has 2 N–H and O–H groups in total. The molecule has 0 aliphatic carbocycles. The minimum atomic E-state index is -0.135. The molecule has 104 valence electrons. The molecular formula is C18H15NO2. The Bertz CT molecular complexity index is 687. The normalized spacial score (nSPS) is 10.3. The van der Waals surface area contributed by atoms with Gasteiger partial charge < -0.3 is 15.1 Å². The Morgan fingerprint density at radius 3 is 1.62 bits per heavy atom. The number of para-hydroxylation sites is 3. The molecule has 0 radical (unpaired) electrons. The summed E-state index contributed by atoms with van der Waals surface area (Å²) in [7, 11) is 0. The summed E-state index contributed by atoms with van der Waals surface area (Å²) in [5.74, 6) is -0.269. The number of benzene rings is 3. The summed E-state index contributed by atoms with van der Waals surface area (Å²) in [4.78, 5) is 1.90. The fraction of sp³-hybridized carbons (Fsp3) is 0. The van der Waals surface area contributed by atoms with Crippen LogP contribution in [0.15, 0.2) is 78.9 Å². The largest absolute Gasteiger partial charge is 0.504 e. The number of hydrogen-bond donors (Lipinski definition) is 2. The number of anilines is 3. The molecule has 0 bridgehead atoms. The maximum absolute atomic E-state index is 10.2. The summed E-state index contributed by atoms with van der Waals surface area (Å²) in [6.45, 7) is 0. The van der Waals surface area contributed by atoms with Crippen LogP contribution in [0.4, 0.5) is 17.1 Å². The molecule has 3 nitrogen and oxygen atoms in total. The van der Waals surface area contributed by atoms with Crippen molar-refractivity contribution < 1.29 is 10.2 Å². The van der Waals surface area contributed by atoms with Gasteiger partial charge in [-0.05, 0) is 36.4 Å². The zero-order chi connectivity index (χ0) is 14.7. The molecule has 0 aliphatic heterocycles. The lowest BCUT2D eigenvalue weighted by molar-refractivity contribution is 0.405. The maximum atomic E-state index is 10.2. The summed E-state index contributed by atoms with van der Waals surface area (Å²) in [5, 5.41) is 20.0. The summed E-state index contributed by atoms with van der Waals surface area (Å²) in [6.07, 6.45) is 0. The van der Waals surface area contributed by atoms with E-state index in [-0.39, 0.29) is 11.5 Å². The second-order valence-electron chi connectivity index (χ2n) is 4.65. The van der Waals surface area contributed by atoms with Crippen LogP contribution in [0.25, 0.3) is 0 Å². The highest BCUT2D eigenvalue weighted by molar-refractivity contribution is 5.81. The minimum absolute atomic E-state index is 0.134. The predicted octanol–water partition coefficient (Wildman–Crippen LogP) is 4.57. The first kappa shape index (κ1) is 13.1. The van der Waals surface area contributed by atoms with E-state index in [1.54, 1.807) is 12.1 Å². The van der Waals surface area contributed by atoms with E-state index >= 15 is 0 Å². The van der Waals surface area contributed by atoms with E-state index in [1.165, 1.54) is 6.07 Å². The summed E-state index contributed by atoms with van der Waals surface area (Å²) < 4.78 is 0. The van der Waals surface area contributed by atoms with Crippen molar-refractivity contribution in [3.05, 3.63) is 78.9 Å². The number of phenols is 2. The molecular weight excluding hydrogens is 262 g/mol. The summed E-state index contributed by atoms with van der Waals surface area (Å²) in [6, 6.07) is 24.4. The predicted molar refractivity (Wildman–Crippen MR) is 84.5 cm³/mol. The highest BCUT2D eigenvalue weighted by atomic mass is 16.3. The van der Waals surface area contributed by atoms with E-state index in [1.807, 2.05) is 65.6 Å². The third-order valence-corrected chi connectivity index (χ3v) is 3.26. The van der Waals surface area contributed by atoms with Crippen molar-refractivity contribution in [2.45, 2.75) is 0 Å². The van der Waals surface area contributed by atoms with E-state index in [9.17, 15) is 10.2 Å². The van der Waals surface area contributed by atoms with Gasteiger partial charge in [0.25, 0.3) is 0 Å². The van der Waals surface area contributed by atoms with Crippen LogP contribution in [-0.2, 0) is 0 Å². The Balaban J connectivity index is 2.20. The monoisotopic (exact) mass is 277 g/mol. The molecule has 0 spiro atoms. The smallest absolute Gasteiger partial charge is 0.182 e. The van der Waals surface area contributed by atoms with Gasteiger partial charge in [0.1, 0.15) is 0 Å². The van der Waals surface area contributed by atoms with Crippen molar-refractivity contribution >= 4 is 17.1 Å². The first-order chi connectivity index (χ1) is 10.3. The van der Waals surface area contributed by atoms with Gasteiger partial charge in [-0.2, -0.15) is 0 Å². The van der Waals surface area contributed by atoms with Crippen LogP contribution in [0.5, 0.6) is 11.5 Å². The molecule has 0 aromatic heterocycles. The van der Waals surface area contributed by atoms with Gasteiger partial charge in [0, 0.05) is 11.4 Å². The highest BCUT2D eigenvalue weighted by Gasteiger charge is 2.17. The van der Waals surface area contributed by atoms with Gasteiger partial charge in [0.15, 0.2) is 11.5 Å². The molecule has 21 heavy (non-hydrogen) atoms. The van der Waals surface area contributed by atoms with Crippen LogP contribution in [0.1, 0.15) is 0 Å². The Kier molecular flexibility index (Phi) is 3.48. The lowest BCUT2D eigenvalue weighted by Crippen LogP contribution is -2.09. The standard InChI is InChI=1S/C18H15NO2/c20-17-13-7-12-16(18(17)21)19(14-8-3-1-4-9-14)15-10-5-2-6-11-15/h1-13,20-21H. The van der Waals surface area contributed by atoms with E-state index in [0.717, 1.165) is 11.4 Å². The van der Waals surface area contributed by atoms with Gasteiger partial charge >= 0.3 is 0 Å². The van der Waals surface area contributed by atoms with Crippen LogP contribution in [0.3, 0.4) is 0 Å². The molecule has 0 amide bonds. The fourth-order valence-electron chi connectivity index (χ4n) is 2.28. The number of hydrogen-bond acceptors (Lipinski definition) is 3. The van der Waals surface area contributed by atoms with Gasteiger partial charge in [-0.25, -0.2) is 0 Å². The molecule has 0 fully saturated rings. The molecule has 0 aliphatic rings. The van der Waals surface area contributed by atoms with Gasteiger partial charge in [-0.15, -0.1) is 0 Å². The quantitative estimate of drug-likeness (QED) is 0.689. The molecule has 3 aromatic rings. The lowest BCUT2D eigenvalue weighted by atomic mass is 10.1. The zero-order valence-electron chi connectivity index (χ0n) is 11.3. The molecule has 0 saturated heterocycles. The van der Waals surface area contributed by atoms with Crippen molar-refractivity contribution in [1.29, 1.82) is 0 Å². The summed E-state index contributed by atoms with van der Waals surface area (Å²) >= 11 is 0. The maximum Gasteiger partial charge on any atom is 0.182 e. The number of rotatable bonds is 3. The van der Waals surface area contributed by atoms with Crippen LogP contribution < -0.4 is 4.90 Å². The van der Waals surface area contributed by atoms with Gasteiger partial charge in [0.05, 0.1) is 5.69 Å². The highest BCUT2D eigenvalue weighted by Crippen LogP contribution is 2.42. The fourth-order valence-corrected chi connectivity index (χ4v) is 2.28. The van der Waals surface area contributed by atoms with Crippen molar-refractivity contribution in [1.82, 2.24) is 0 Å². The molecule has 0 unspecified atom stereocenters. The second kappa shape index (κ2) is 5.59. The average molecular weight is 277 g/mol. The SMILES string of the molecule is Oc1cccc(N(c2ccccc2)c2ccccc2)c1O. The topological polar surface area (TPSA) is 43.7 Å². The van der Waals surface area contributed by atoms with E-state index in [2.05, 4.69) is 0 Å². The number of phenolic OH excluding ortho intramolecular Hbond substituents is 2. The van der Waals surface area contributed by atoms with Crippen LogP contribution in [0, 0.1) is 0 Å². The third kappa shape index (κ3) is 2.54. The molecule has 3 heteroatoms. The van der Waals surface area contributed by atoms with Crippen molar-refractivity contribution in [2.75, 3.05) is 4.90 Å². The Labute approximate surface area is 123 Å². The van der Waals surface area contributed by atoms with Gasteiger partial charge in [-0.3, -0.25) is 0 Å². The molecule has 0 heterocycles. The average Bonchev–Trinajstić information content (AvgIpc) is 2.54. The van der Waals surface area contributed by atoms with Crippen molar-refractivity contribution in [3.63, 3.8) is 0 Å². The molecule has 0 atom stereocenters. The van der Waals surface area contributed by atoms with Crippen LogP contribution in [-0.4, -0.2) is 10.2 Å². The van der Waals surface area contributed by atoms with Crippen LogP contribution in [0.2, 0.25) is 0 Å². The summed E-state index contributed by atoms with van der Waals surface area (Å²) in [5.41, 5.74) is 2.35. The van der Waals surface area contributed by atoms with Crippen LogP contribution >= 0.6 is 0 Å². The molecule has 3 aromatic carbocycles. The third-order valence-electron chi connectivity index (χ3n) is 3.26. The van der Waals surface area contributed by atoms with E-state index < -0.39 is 0 Å². The van der Waals surface area contributed by atoms with Gasteiger partial charge in [0.2, 0.25) is 0 Å². The van der Waals surface area contributed by atoms with Crippen molar-refractivity contribution in [2.24, 2.45) is 0 Å². The van der Waals surface area contributed by atoms with E-state index in [0.29, 0.717) is 5.69 Å². The second-order valence-corrected chi connectivity index (χ2v) is 4.65. The first-order valence-electron chi connectivity index (χ1n) is 6.68. The molecule has 3 rings (SSSR count). The molecule has 0 saturated carbocycles. The lowest BCUT2D eigenvalue weighted by Gasteiger charge is -2.26. The Morgan fingerprint density at radius 2 is 1.10 bits per heavy atom. The minimum Gasteiger partial charge on any atom is -0.504 e. The first-order valence-corrected chi connectivity index (χ1v) is 6.68. The zero-order valence-corrected chi connectivity index (χ0v) is 11.3. The Hall–Kier alpha value is -2.94. The number of aromatic hydroxyl groups is 2.